The van der Waals surface area contributed by atoms with Crippen molar-refractivity contribution in [1.82, 2.24) is 9.78 Å². The van der Waals surface area contributed by atoms with Crippen LogP contribution < -0.4 is 0 Å². The fourth-order valence-electron chi connectivity index (χ4n) is 2.80. The second-order valence-electron chi connectivity index (χ2n) is 5.20. The number of aliphatic carboxylic acids is 1. The fraction of sp³-hybridized carbons (Fsp3) is 0.400. The Morgan fingerprint density at radius 1 is 1.55 bits per heavy atom. The van der Waals surface area contributed by atoms with E-state index in [9.17, 15) is 9.90 Å². The third-order valence-electron chi connectivity index (χ3n) is 3.86. The molecule has 1 aromatic heterocycles. The molecule has 2 unspecified atom stereocenters. The van der Waals surface area contributed by atoms with Crippen molar-refractivity contribution in [3.8, 4) is 6.07 Å². The van der Waals surface area contributed by atoms with Gasteiger partial charge in [-0.1, -0.05) is 11.6 Å². The van der Waals surface area contributed by atoms with Gasteiger partial charge in [0, 0.05) is 22.6 Å². The zero-order chi connectivity index (χ0) is 15.7. The number of hydrogen-bond donors (Lipinski definition) is 1. The van der Waals surface area contributed by atoms with Gasteiger partial charge in [0.05, 0.1) is 17.8 Å². The van der Waals surface area contributed by atoms with Gasteiger partial charge in [-0.2, -0.15) is 10.4 Å². The summed E-state index contributed by atoms with van der Waals surface area (Å²) in [6.45, 7) is 0.683. The van der Waals surface area contributed by atoms with Gasteiger partial charge in [0.15, 0.2) is 12.1 Å². The highest BCUT2D eigenvalue weighted by molar-refractivity contribution is 6.32. The molecule has 0 saturated carbocycles. The quantitative estimate of drug-likeness (QED) is 0.939. The van der Waals surface area contributed by atoms with E-state index in [1.165, 1.54) is 0 Å². The van der Waals surface area contributed by atoms with Gasteiger partial charge in [0.1, 0.15) is 0 Å². The molecule has 22 heavy (non-hydrogen) atoms. The average molecular weight is 320 g/mol. The summed E-state index contributed by atoms with van der Waals surface area (Å²) in [7, 11) is 0. The minimum Gasteiger partial charge on any atom is -0.480 e. The molecule has 0 spiro atoms. The number of benzene rings is 1. The van der Waals surface area contributed by atoms with Crippen molar-refractivity contribution >= 4 is 28.5 Å². The third kappa shape index (κ3) is 2.43. The van der Waals surface area contributed by atoms with E-state index >= 15 is 0 Å². The molecule has 1 aromatic carbocycles. The number of nitrogens with zero attached hydrogens (tertiary/aromatic N) is 3. The normalized spacial score (nSPS) is 19.7. The molecule has 3 rings (SSSR count). The van der Waals surface area contributed by atoms with E-state index in [0.717, 1.165) is 24.8 Å². The Labute approximate surface area is 131 Å². The highest BCUT2D eigenvalue weighted by atomic mass is 35.5. The minimum absolute atomic E-state index is 0.161. The van der Waals surface area contributed by atoms with Gasteiger partial charge in [0.25, 0.3) is 0 Å². The Bertz CT molecular complexity index is 759. The van der Waals surface area contributed by atoms with Gasteiger partial charge < -0.3 is 9.84 Å². The van der Waals surface area contributed by atoms with Crippen LogP contribution in [0.3, 0.4) is 0 Å². The highest BCUT2D eigenvalue weighted by Gasteiger charge is 2.27. The van der Waals surface area contributed by atoms with Gasteiger partial charge in [-0.05, 0) is 31.4 Å². The molecule has 7 heteroatoms. The Morgan fingerprint density at radius 3 is 3.00 bits per heavy atom. The van der Waals surface area contributed by atoms with Crippen LogP contribution in [-0.2, 0) is 9.53 Å². The summed E-state index contributed by atoms with van der Waals surface area (Å²) in [6.07, 6.45) is 4.34. The van der Waals surface area contributed by atoms with Gasteiger partial charge in [0.2, 0.25) is 0 Å². The summed E-state index contributed by atoms with van der Waals surface area (Å²) in [5, 5.41) is 23.5. The van der Waals surface area contributed by atoms with Crippen LogP contribution in [0, 0.1) is 11.3 Å². The lowest BCUT2D eigenvalue weighted by Crippen LogP contribution is -2.19. The molecule has 1 aliphatic heterocycles. The highest BCUT2D eigenvalue weighted by Crippen LogP contribution is 2.34. The van der Waals surface area contributed by atoms with Crippen LogP contribution in [0.25, 0.3) is 10.9 Å². The predicted octanol–water partition coefficient (Wildman–Crippen LogP) is 3.08. The van der Waals surface area contributed by atoms with Crippen molar-refractivity contribution in [3.05, 3.63) is 28.9 Å². The van der Waals surface area contributed by atoms with Crippen molar-refractivity contribution in [2.24, 2.45) is 0 Å². The second kappa shape index (κ2) is 5.95. The topological polar surface area (TPSA) is 88.1 Å². The Morgan fingerprint density at radius 2 is 2.36 bits per heavy atom. The molecule has 1 fully saturated rings. The lowest BCUT2D eigenvalue weighted by atomic mass is 9.97. The van der Waals surface area contributed by atoms with Crippen LogP contribution in [-0.4, -0.2) is 27.5 Å². The fourth-order valence-corrected chi connectivity index (χ4v) is 3.07. The van der Waals surface area contributed by atoms with Crippen molar-refractivity contribution in [2.45, 2.75) is 31.4 Å². The molecule has 0 radical (unpaired) electrons. The summed E-state index contributed by atoms with van der Waals surface area (Å²) in [5.41, 5.74) is 1.02. The largest absolute Gasteiger partial charge is 0.480 e. The van der Waals surface area contributed by atoms with E-state index in [0.29, 0.717) is 12.0 Å². The summed E-state index contributed by atoms with van der Waals surface area (Å²) in [6, 6.07) is 5.17. The number of halogens is 1. The molecule has 114 valence electrons. The number of aromatic nitrogens is 2. The standard InChI is InChI=1S/C15H14ClN3O3/c16-11-4-5-12-10(14(11)9(7-17)15(20)21)8-18-19(12)13-3-1-2-6-22-13/h4-5,8-9,13H,1-3,6H2,(H,20,21). The zero-order valence-electron chi connectivity index (χ0n) is 11.7. The van der Waals surface area contributed by atoms with Crippen LogP contribution >= 0.6 is 11.6 Å². The van der Waals surface area contributed by atoms with Gasteiger partial charge in [-0.3, -0.25) is 4.79 Å². The molecule has 1 N–H and O–H groups in total. The first-order chi connectivity index (χ1) is 10.6. The molecule has 1 aliphatic rings. The van der Waals surface area contributed by atoms with Gasteiger partial charge in [-0.25, -0.2) is 4.68 Å². The van der Waals surface area contributed by atoms with Crippen LogP contribution in [0.5, 0.6) is 0 Å². The first-order valence-corrected chi connectivity index (χ1v) is 7.41. The molecule has 0 amide bonds. The summed E-state index contributed by atoms with van der Waals surface area (Å²) >= 11 is 6.13. The molecular formula is C15H14ClN3O3. The van der Waals surface area contributed by atoms with Crippen LogP contribution in [0.1, 0.15) is 37.0 Å². The first kappa shape index (κ1) is 14.8. The third-order valence-corrected chi connectivity index (χ3v) is 4.19. The maximum atomic E-state index is 11.3. The summed E-state index contributed by atoms with van der Waals surface area (Å²) < 4.78 is 7.46. The Balaban J connectivity index is 2.14. The maximum absolute atomic E-state index is 11.3. The van der Waals surface area contributed by atoms with E-state index in [4.69, 9.17) is 21.6 Å². The van der Waals surface area contributed by atoms with E-state index in [1.807, 2.05) is 0 Å². The van der Waals surface area contributed by atoms with E-state index in [1.54, 1.807) is 29.1 Å². The van der Waals surface area contributed by atoms with Crippen LogP contribution in [0.2, 0.25) is 5.02 Å². The Kier molecular flexibility index (Phi) is 4.01. The molecular weight excluding hydrogens is 306 g/mol. The van der Waals surface area contributed by atoms with E-state index < -0.39 is 11.9 Å². The zero-order valence-corrected chi connectivity index (χ0v) is 12.5. The smallest absolute Gasteiger partial charge is 0.325 e. The van der Waals surface area contributed by atoms with Crippen LogP contribution in [0.4, 0.5) is 0 Å². The minimum atomic E-state index is -1.32. The van der Waals surface area contributed by atoms with Crippen LogP contribution in [0.15, 0.2) is 18.3 Å². The lowest BCUT2D eigenvalue weighted by Gasteiger charge is -2.23. The Hall–Kier alpha value is -2.10. The number of nitriles is 1. The molecule has 0 aliphatic carbocycles. The SMILES string of the molecule is N#CC(C(=O)O)c1c(Cl)ccc2c1cnn2C1CCCCO1. The number of carbonyl (C=O) groups is 1. The van der Waals surface area contributed by atoms with E-state index in [2.05, 4.69) is 5.10 Å². The average Bonchev–Trinajstić information content (AvgIpc) is 2.94. The number of carboxylic acids is 1. The van der Waals surface area contributed by atoms with Gasteiger partial charge >= 0.3 is 5.97 Å². The first-order valence-electron chi connectivity index (χ1n) is 7.03. The molecule has 0 bridgehead atoms. The van der Waals surface area contributed by atoms with Gasteiger partial charge in [-0.15, -0.1) is 0 Å². The van der Waals surface area contributed by atoms with E-state index in [-0.39, 0.29) is 16.8 Å². The van der Waals surface area contributed by atoms with Crippen molar-refractivity contribution in [1.29, 1.82) is 5.26 Å². The van der Waals surface area contributed by atoms with Crippen molar-refractivity contribution < 1.29 is 14.6 Å². The molecule has 2 atom stereocenters. The second-order valence-corrected chi connectivity index (χ2v) is 5.61. The van der Waals surface area contributed by atoms with Crippen molar-refractivity contribution in [2.75, 3.05) is 6.61 Å². The molecule has 1 saturated heterocycles. The summed E-state index contributed by atoms with van der Waals surface area (Å²) in [5.74, 6) is -2.54. The maximum Gasteiger partial charge on any atom is 0.325 e. The monoisotopic (exact) mass is 319 g/mol. The number of carboxylic acid groups (broad SMARTS) is 1. The molecule has 2 heterocycles. The number of hydrogen-bond acceptors (Lipinski definition) is 4. The summed E-state index contributed by atoms with van der Waals surface area (Å²) in [4.78, 5) is 11.3. The lowest BCUT2D eigenvalue weighted by molar-refractivity contribution is -0.137. The predicted molar refractivity (Wildman–Crippen MR) is 79.6 cm³/mol. The number of ether oxygens (including phenoxy) is 1. The van der Waals surface area contributed by atoms with Crippen molar-refractivity contribution in [3.63, 3.8) is 0 Å². The number of fused-ring (bicyclic) bond motifs is 1. The molecule has 6 nitrogen and oxygen atoms in total. The molecule has 2 aromatic rings. The number of rotatable bonds is 3.